The van der Waals surface area contributed by atoms with Crippen molar-refractivity contribution in [3.8, 4) is 22.6 Å². The van der Waals surface area contributed by atoms with Gasteiger partial charge in [0.25, 0.3) is 0 Å². The van der Waals surface area contributed by atoms with Gasteiger partial charge in [0.2, 0.25) is 0 Å². The first-order valence-electron chi connectivity index (χ1n) is 5.28. The second-order valence-electron chi connectivity index (χ2n) is 3.73. The minimum Gasteiger partial charge on any atom is -0.493 e. The van der Waals surface area contributed by atoms with Crippen LogP contribution in [0.2, 0.25) is 0 Å². The number of benzene rings is 1. The second-order valence-corrected chi connectivity index (χ2v) is 3.73. The largest absolute Gasteiger partial charge is 0.493 e. The molecule has 0 saturated heterocycles. The van der Waals surface area contributed by atoms with Crippen LogP contribution in [0, 0.1) is 5.82 Å². The number of hydrogen-bond acceptors (Lipinski definition) is 4. The zero-order chi connectivity index (χ0) is 13.3. The van der Waals surface area contributed by atoms with Crippen molar-refractivity contribution in [2.45, 2.75) is 0 Å². The number of halogens is 1. The number of aryl methyl sites for hydroxylation is 1. The average Bonchev–Trinajstić information content (AvgIpc) is 2.70. The number of ether oxygens (including phenoxy) is 2. The van der Waals surface area contributed by atoms with Gasteiger partial charge in [0.05, 0.1) is 20.4 Å². The lowest BCUT2D eigenvalue weighted by Gasteiger charge is -2.11. The van der Waals surface area contributed by atoms with Crippen molar-refractivity contribution in [2.75, 3.05) is 20.0 Å². The normalized spacial score (nSPS) is 10.4. The van der Waals surface area contributed by atoms with E-state index in [1.165, 1.54) is 25.1 Å². The molecule has 5 nitrogen and oxygen atoms in total. The van der Waals surface area contributed by atoms with Crippen LogP contribution >= 0.6 is 0 Å². The Morgan fingerprint density at radius 2 is 1.94 bits per heavy atom. The lowest BCUT2D eigenvalue weighted by atomic mass is 10.1. The summed E-state index contributed by atoms with van der Waals surface area (Å²) in [5.74, 6) is 0.261. The fourth-order valence-corrected chi connectivity index (χ4v) is 1.75. The first-order chi connectivity index (χ1) is 8.60. The minimum atomic E-state index is -0.517. The lowest BCUT2D eigenvalue weighted by Crippen LogP contribution is -2.00. The summed E-state index contributed by atoms with van der Waals surface area (Å²) >= 11 is 0. The number of nitrogens with two attached hydrogens (primary N) is 1. The summed E-state index contributed by atoms with van der Waals surface area (Å²) in [6.45, 7) is 0. The molecule has 1 heterocycles. The number of methoxy groups -OCH3 is 2. The maximum absolute atomic E-state index is 14.3. The van der Waals surface area contributed by atoms with Gasteiger partial charge in [0.1, 0.15) is 5.82 Å². The fraction of sp³-hybridized carbons (Fsp3) is 0.250. The Hall–Kier alpha value is -2.24. The summed E-state index contributed by atoms with van der Waals surface area (Å²) in [5, 5.41) is 3.98. The number of nitrogens with zero attached hydrogens (tertiary/aromatic N) is 2. The summed E-state index contributed by atoms with van der Waals surface area (Å²) in [4.78, 5) is 0. The molecular formula is C12H14FN3O2. The third kappa shape index (κ3) is 1.75. The van der Waals surface area contributed by atoms with Crippen molar-refractivity contribution in [1.82, 2.24) is 9.78 Å². The van der Waals surface area contributed by atoms with Gasteiger partial charge in [-0.05, 0) is 12.1 Å². The van der Waals surface area contributed by atoms with Gasteiger partial charge in [-0.15, -0.1) is 0 Å². The van der Waals surface area contributed by atoms with Crippen LogP contribution in [0.4, 0.5) is 10.2 Å². The third-order valence-corrected chi connectivity index (χ3v) is 2.76. The molecule has 0 bridgehead atoms. The first-order valence-corrected chi connectivity index (χ1v) is 5.28. The van der Waals surface area contributed by atoms with E-state index in [2.05, 4.69) is 5.10 Å². The van der Waals surface area contributed by atoms with Crippen LogP contribution < -0.4 is 15.2 Å². The molecule has 18 heavy (non-hydrogen) atoms. The molecular weight excluding hydrogens is 237 g/mol. The molecule has 0 fully saturated rings. The minimum absolute atomic E-state index is 0.0539. The van der Waals surface area contributed by atoms with Crippen molar-refractivity contribution in [1.29, 1.82) is 0 Å². The van der Waals surface area contributed by atoms with E-state index in [4.69, 9.17) is 15.2 Å². The van der Waals surface area contributed by atoms with Gasteiger partial charge in [-0.3, -0.25) is 4.68 Å². The van der Waals surface area contributed by atoms with Crippen molar-refractivity contribution in [2.24, 2.45) is 7.05 Å². The molecule has 0 saturated carbocycles. The second kappa shape index (κ2) is 4.56. The molecule has 2 rings (SSSR count). The summed E-state index contributed by atoms with van der Waals surface area (Å²) in [6.07, 6.45) is 1.51. The Morgan fingerprint density at radius 1 is 1.22 bits per heavy atom. The van der Waals surface area contributed by atoms with E-state index >= 15 is 0 Å². The van der Waals surface area contributed by atoms with E-state index < -0.39 is 5.82 Å². The molecule has 2 N–H and O–H groups in total. The van der Waals surface area contributed by atoms with E-state index in [9.17, 15) is 4.39 Å². The van der Waals surface area contributed by atoms with E-state index in [0.29, 0.717) is 22.7 Å². The van der Waals surface area contributed by atoms with Crippen molar-refractivity contribution >= 4 is 5.82 Å². The zero-order valence-corrected chi connectivity index (χ0v) is 10.4. The maximum atomic E-state index is 14.3. The Morgan fingerprint density at radius 3 is 2.44 bits per heavy atom. The van der Waals surface area contributed by atoms with Gasteiger partial charge in [0, 0.05) is 18.2 Å². The molecule has 0 atom stereocenters. The molecule has 0 amide bonds. The SMILES string of the molecule is COc1ccc(-c2cnn(C)c2N)c(F)c1OC. The summed E-state index contributed by atoms with van der Waals surface area (Å²) in [6, 6.07) is 3.22. The number of rotatable bonds is 3. The number of nitrogen functional groups attached to an aromatic ring is 1. The molecule has 0 aliphatic rings. The highest BCUT2D eigenvalue weighted by Gasteiger charge is 2.18. The van der Waals surface area contributed by atoms with E-state index in [1.807, 2.05) is 0 Å². The highest BCUT2D eigenvalue weighted by molar-refractivity contribution is 5.76. The van der Waals surface area contributed by atoms with Gasteiger partial charge in [-0.2, -0.15) is 5.10 Å². The quantitative estimate of drug-likeness (QED) is 0.903. The van der Waals surface area contributed by atoms with Crippen molar-refractivity contribution in [3.63, 3.8) is 0 Å². The van der Waals surface area contributed by atoms with Gasteiger partial charge in [-0.25, -0.2) is 4.39 Å². The molecule has 0 radical (unpaired) electrons. The van der Waals surface area contributed by atoms with Gasteiger partial charge in [-0.1, -0.05) is 0 Å². The Labute approximate surface area is 104 Å². The predicted molar refractivity (Wildman–Crippen MR) is 66.1 cm³/mol. The number of hydrogen-bond donors (Lipinski definition) is 1. The maximum Gasteiger partial charge on any atom is 0.197 e. The standard InChI is InChI=1S/C12H14FN3O2/c1-16-12(14)8(6-15-16)7-4-5-9(17-2)11(18-3)10(7)13/h4-6H,14H2,1-3H3. The molecule has 0 aliphatic carbocycles. The smallest absolute Gasteiger partial charge is 0.197 e. The van der Waals surface area contributed by atoms with Crippen LogP contribution in [-0.4, -0.2) is 24.0 Å². The van der Waals surface area contributed by atoms with Crippen LogP contribution in [0.3, 0.4) is 0 Å². The molecule has 1 aromatic heterocycles. The van der Waals surface area contributed by atoms with E-state index in [-0.39, 0.29) is 5.75 Å². The van der Waals surface area contributed by atoms with Crippen LogP contribution in [0.15, 0.2) is 18.3 Å². The number of aromatic nitrogens is 2. The molecule has 0 aliphatic heterocycles. The summed E-state index contributed by atoms with van der Waals surface area (Å²) in [5.41, 5.74) is 6.68. The molecule has 0 spiro atoms. The highest BCUT2D eigenvalue weighted by Crippen LogP contribution is 2.38. The lowest BCUT2D eigenvalue weighted by molar-refractivity contribution is 0.338. The monoisotopic (exact) mass is 251 g/mol. The molecule has 6 heteroatoms. The van der Waals surface area contributed by atoms with E-state index in [0.717, 1.165) is 0 Å². The highest BCUT2D eigenvalue weighted by atomic mass is 19.1. The van der Waals surface area contributed by atoms with Crippen LogP contribution in [0.1, 0.15) is 0 Å². The number of anilines is 1. The van der Waals surface area contributed by atoms with Gasteiger partial charge in [0.15, 0.2) is 17.3 Å². The fourth-order valence-electron chi connectivity index (χ4n) is 1.75. The van der Waals surface area contributed by atoms with E-state index in [1.54, 1.807) is 19.2 Å². The molecule has 1 aromatic carbocycles. The Kier molecular flexibility index (Phi) is 3.10. The summed E-state index contributed by atoms with van der Waals surface area (Å²) < 4.78 is 25.8. The van der Waals surface area contributed by atoms with Crippen LogP contribution in [0.5, 0.6) is 11.5 Å². The molecule has 2 aromatic rings. The Balaban J connectivity index is 2.63. The summed E-state index contributed by atoms with van der Waals surface area (Å²) in [7, 11) is 4.53. The van der Waals surface area contributed by atoms with Gasteiger partial charge >= 0.3 is 0 Å². The average molecular weight is 251 g/mol. The van der Waals surface area contributed by atoms with Crippen LogP contribution in [-0.2, 0) is 7.05 Å². The van der Waals surface area contributed by atoms with Gasteiger partial charge < -0.3 is 15.2 Å². The first kappa shape index (κ1) is 12.2. The van der Waals surface area contributed by atoms with Crippen molar-refractivity contribution in [3.05, 3.63) is 24.1 Å². The van der Waals surface area contributed by atoms with Crippen LogP contribution in [0.25, 0.3) is 11.1 Å². The molecule has 0 unspecified atom stereocenters. The zero-order valence-electron chi connectivity index (χ0n) is 10.4. The molecule has 96 valence electrons. The Bertz CT molecular complexity index is 581. The topological polar surface area (TPSA) is 62.3 Å². The predicted octanol–water partition coefficient (Wildman–Crippen LogP) is 1.83. The third-order valence-electron chi connectivity index (χ3n) is 2.76. The van der Waals surface area contributed by atoms with Crippen molar-refractivity contribution < 1.29 is 13.9 Å².